The van der Waals surface area contributed by atoms with Gasteiger partial charge in [0, 0.05) is 0 Å². The second kappa shape index (κ2) is 8.53. The molecule has 0 heterocycles. The van der Waals surface area contributed by atoms with Crippen molar-refractivity contribution in [2.45, 2.75) is 44.4 Å². The summed E-state index contributed by atoms with van der Waals surface area (Å²) in [6, 6.07) is 18.9. The molecule has 2 aromatic carbocycles. The van der Waals surface area contributed by atoms with Gasteiger partial charge in [-0.15, -0.1) is 0 Å². The van der Waals surface area contributed by atoms with Crippen LogP contribution in [0.2, 0.25) is 0 Å². The Morgan fingerprint density at radius 2 is 1.48 bits per heavy atom. The van der Waals surface area contributed by atoms with E-state index in [9.17, 15) is 8.42 Å². The van der Waals surface area contributed by atoms with Gasteiger partial charge in [-0.05, 0) is 73.9 Å². The van der Waals surface area contributed by atoms with Crippen LogP contribution in [0.1, 0.15) is 45.1 Å². The van der Waals surface area contributed by atoms with E-state index >= 15 is 0 Å². The molecule has 0 saturated heterocycles. The van der Waals surface area contributed by atoms with Crippen LogP contribution >= 0.6 is 0 Å². The third kappa shape index (κ3) is 4.30. The van der Waals surface area contributed by atoms with Crippen molar-refractivity contribution < 1.29 is 8.42 Å². The van der Waals surface area contributed by atoms with Gasteiger partial charge in [-0.25, -0.2) is 8.42 Å². The fourth-order valence-electron chi connectivity index (χ4n) is 3.55. The molecule has 0 radical (unpaired) electrons. The second-order valence-electron chi connectivity index (χ2n) is 6.87. The minimum absolute atomic E-state index is 0.377. The summed E-state index contributed by atoms with van der Waals surface area (Å²) in [5, 5.41) is 0. The summed E-state index contributed by atoms with van der Waals surface area (Å²) in [7, 11) is -3.52. The summed E-state index contributed by atoms with van der Waals surface area (Å²) in [5.41, 5.74) is 4.15. The molecule has 0 amide bonds. The molecule has 0 spiro atoms. The molecular formula is C24H26O2S. The first-order valence-electron chi connectivity index (χ1n) is 9.46. The van der Waals surface area contributed by atoms with E-state index in [4.69, 9.17) is 0 Å². The molecule has 3 rings (SSSR count). The maximum Gasteiger partial charge on any atom is 0.203 e. The summed E-state index contributed by atoms with van der Waals surface area (Å²) in [4.78, 5) is 0.936. The predicted octanol–water partition coefficient (Wildman–Crippen LogP) is 6.34. The Bertz CT molecular complexity index is 979. The molecule has 0 saturated carbocycles. The minimum atomic E-state index is -3.52. The Labute approximate surface area is 162 Å². The van der Waals surface area contributed by atoms with Crippen molar-refractivity contribution in [2.75, 3.05) is 0 Å². The fraction of sp³-hybridized carbons (Fsp3) is 0.250. The molecule has 0 bridgehead atoms. The van der Waals surface area contributed by atoms with Crippen molar-refractivity contribution in [2.24, 2.45) is 0 Å². The summed E-state index contributed by atoms with van der Waals surface area (Å²) in [5.74, 6) is 0. The van der Waals surface area contributed by atoms with Gasteiger partial charge in [0.15, 0.2) is 0 Å². The van der Waals surface area contributed by atoms with Crippen LogP contribution in [0.3, 0.4) is 0 Å². The number of hydrogen-bond acceptors (Lipinski definition) is 2. The first-order valence-corrected chi connectivity index (χ1v) is 10.9. The molecule has 1 aliphatic carbocycles. The molecule has 0 unspecified atom stereocenters. The van der Waals surface area contributed by atoms with Crippen molar-refractivity contribution in [1.82, 2.24) is 0 Å². The molecule has 2 aromatic rings. The third-order valence-corrected chi connectivity index (χ3v) is 7.00. The second-order valence-corrected chi connectivity index (χ2v) is 8.84. The Morgan fingerprint density at radius 1 is 0.889 bits per heavy atom. The van der Waals surface area contributed by atoms with E-state index in [1.54, 1.807) is 24.3 Å². The molecule has 27 heavy (non-hydrogen) atoms. The zero-order chi connectivity index (χ0) is 19.3. The van der Waals surface area contributed by atoms with Crippen LogP contribution in [0.5, 0.6) is 0 Å². The van der Waals surface area contributed by atoms with Gasteiger partial charge in [-0.1, -0.05) is 60.7 Å². The lowest BCUT2D eigenvalue weighted by Crippen LogP contribution is -2.09. The quantitative estimate of drug-likeness (QED) is 0.622. The van der Waals surface area contributed by atoms with Crippen LogP contribution in [0.4, 0.5) is 0 Å². The Hall–Kier alpha value is -2.39. The number of allylic oxidation sites excluding steroid dienone is 5. The van der Waals surface area contributed by atoms with Crippen LogP contribution < -0.4 is 0 Å². The lowest BCUT2D eigenvalue weighted by Gasteiger charge is -2.17. The molecule has 0 atom stereocenters. The van der Waals surface area contributed by atoms with Crippen LogP contribution in [0.15, 0.2) is 93.3 Å². The molecule has 0 aromatic heterocycles. The van der Waals surface area contributed by atoms with Crippen LogP contribution in [-0.2, 0) is 9.84 Å². The van der Waals surface area contributed by atoms with Gasteiger partial charge in [-0.3, -0.25) is 0 Å². The highest BCUT2D eigenvalue weighted by Gasteiger charge is 2.28. The molecule has 3 heteroatoms. The Morgan fingerprint density at radius 3 is 2.11 bits per heavy atom. The first kappa shape index (κ1) is 19.4. The van der Waals surface area contributed by atoms with E-state index in [1.165, 1.54) is 0 Å². The highest BCUT2D eigenvalue weighted by molar-refractivity contribution is 7.95. The number of sulfone groups is 1. The zero-order valence-electron chi connectivity index (χ0n) is 16.0. The van der Waals surface area contributed by atoms with E-state index in [0.717, 1.165) is 41.5 Å². The topological polar surface area (TPSA) is 34.1 Å². The van der Waals surface area contributed by atoms with Crippen molar-refractivity contribution in [1.29, 1.82) is 0 Å². The highest BCUT2D eigenvalue weighted by atomic mass is 32.2. The molecule has 0 fully saturated rings. The van der Waals surface area contributed by atoms with Crippen molar-refractivity contribution in [3.63, 3.8) is 0 Å². The maximum absolute atomic E-state index is 13.5. The van der Waals surface area contributed by atoms with Gasteiger partial charge in [0.05, 0.1) is 9.80 Å². The maximum atomic E-state index is 13.5. The van der Waals surface area contributed by atoms with Gasteiger partial charge in [0.2, 0.25) is 9.84 Å². The number of benzene rings is 2. The lowest BCUT2D eigenvalue weighted by atomic mass is 9.94. The summed E-state index contributed by atoms with van der Waals surface area (Å²) in [6.07, 6.45) is 7.52. The van der Waals surface area contributed by atoms with Crippen LogP contribution in [0.25, 0.3) is 6.08 Å². The smallest absolute Gasteiger partial charge is 0.203 e. The van der Waals surface area contributed by atoms with E-state index in [-0.39, 0.29) is 0 Å². The third-order valence-electron chi connectivity index (χ3n) is 5.05. The first-order chi connectivity index (χ1) is 13.0. The molecule has 140 valence electrons. The van der Waals surface area contributed by atoms with Crippen LogP contribution in [0, 0.1) is 0 Å². The molecule has 0 aliphatic heterocycles. The summed E-state index contributed by atoms with van der Waals surface area (Å²) in [6.45, 7) is 3.99. The van der Waals surface area contributed by atoms with Gasteiger partial charge in [0.25, 0.3) is 0 Å². The standard InChI is InChI=1S/C24H26O2S/c1-3-19(2)24-21(18-20-12-6-4-7-13-20)14-10-11-17-23(24)27(25,26)22-15-8-5-9-16-22/h3-9,12-13,15-16,18H,10-11,14,17H2,1-2H3/b19-3+,21-18+. The average Bonchev–Trinajstić information content (AvgIpc) is 2.92. The summed E-state index contributed by atoms with van der Waals surface area (Å²) < 4.78 is 26.9. The van der Waals surface area contributed by atoms with Gasteiger partial charge in [0.1, 0.15) is 0 Å². The van der Waals surface area contributed by atoms with Crippen molar-refractivity contribution in [3.8, 4) is 0 Å². The highest BCUT2D eigenvalue weighted by Crippen LogP contribution is 2.38. The minimum Gasteiger partial charge on any atom is -0.219 e. The fourth-order valence-corrected chi connectivity index (χ4v) is 5.33. The number of hydrogen-bond donors (Lipinski definition) is 0. The van der Waals surface area contributed by atoms with E-state index in [0.29, 0.717) is 16.2 Å². The van der Waals surface area contributed by atoms with Crippen molar-refractivity contribution >= 4 is 15.9 Å². The predicted molar refractivity (Wildman–Crippen MR) is 113 cm³/mol. The van der Waals surface area contributed by atoms with Gasteiger partial charge < -0.3 is 0 Å². The van der Waals surface area contributed by atoms with Crippen LogP contribution in [-0.4, -0.2) is 8.42 Å². The van der Waals surface area contributed by atoms with Crippen molar-refractivity contribution in [3.05, 3.63) is 93.9 Å². The zero-order valence-corrected chi connectivity index (χ0v) is 16.8. The lowest BCUT2D eigenvalue weighted by molar-refractivity contribution is 0.598. The summed E-state index contributed by atoms with van der Waals surface area (Å²) >= 11 is 0. The largest absolute Gasteiger partial charge is 0.219 e. The van der Waals surface area contributed by atoms with E-state index in [2.05, 4.69) is 18.2 Å². The SMILES string of the molecule is C/C=C(\C)C1=C(S(=O)(=O)c2ccccc2)CCCC/C1=C\c1ccccc1. The van der Waals surface area contributed by atoms with Gasteiger partial charge in [-0.2, -0.15) is 0 Å². The molecular weight excluding hydrogens is 352 g/mol. The normalized spacial score (nSPS) is 17.9. The van der Waals surface area contributed by atoms with E-state index < -0.39 is 9.84 Å². The van der Waals surface area contributed by atoms with E-state index in [1.807, 2.05) is 44.2 Å². The number of rotatable bonds is 4. The Kier molecular flexibility index (Phi) is 6.12. The Balaban J connectivity index is 2.24. The molecule has 0 N–H and O–H groups in total. The van der Waals surface area contributed by atoms with Gasteiger partial charge >= 0.3 is 0 Å². The average molecular weight is 379 g/mol. The molecule has 1 aliphatic rings. The monoisotopic (exact) mass is 378 g/mol. The molecule has 2 nitrogen and oxygen atoms in total.